The number of amides is 1. The number of carboxylic acids is 1. The molecule has 208 valence electrons. The Hall–Kier alpha value is -2.19. The molecule has 1 saturated carbocycles. The molecule has 1 aromatic heterocycles. The lowest BCUT2D eigenvalue weighted by molar-refractivity contribution is -0.142. The molecular formula is C29H48N4O4. The second kappa shape index (κ2) is 13.6. The maximum Gasteiger partial charge on any atom is 0.326 e. The Morgan fingerprint density at radius 2 is 1.97 bits per heavy atom. The van der Waals surface area contributed by atoms with Crippen LogP contribution in [0.1, 0.15) is 90.3 Å². The highest BCUT2D eigenvalue weighted by Gasteiger charge is 2.35. The maximum absolute atomic E-state index is 12.5. The summed E-state index contributed by atoms with van der Waals surface area (Å²) in [6.45, 7) is 12.0. The highest BCUT2D eigenvalue weighted by Crippen LogP contribution is 2.43. The van der Waals surface area contributed by atoms with Crippen molar-refractivity contribution in [1.82, 2.24) is 15.2 Å². The van der Waals surface area contributed by atoms with E-state index in [-0.39, 0.29) is 16.9 Å². The molecule has 1 fully saturated rings. The molecule has 1 unspecified atom stereocenters. The van der Waals surface area contributed by atoms with Crippen molar-refractivity contribution in [2.75, 3.05) is 38.1 Å². The van der Waals surface area contributed by atoms with E-state index in [9.17, 15) is 14.7 Å². The van der Waals surface area contributed by atoms with E-state index < -0.39 is 12.0 Å². The van der Waals surface area contributed by atoms with Crippen LogP contribution in [0.2, 0.25) is 0 Å². The number of nitrogens with zero attached hydrogens (tertiary/aromatic N) is 2. The van der Waals surface area contributed by atoms with Crippen LogP contribution in [0.5, 0.6) is 0 Å². The Kier molecular flexibility index (Phi) is 10.8. The third-order valence-corrected chi connectivity index (χ3v) is 7.57. The quantitative estimate of drug-likeness (QED) is 0.297. The zero-order valence-corrected chi connectivity index (χ0v) is 23.4. The topological polar surface area (TPSA) is 104 Å². The minimum Gasteiger partial charge on any atom is -0.480 e. The number of aryl methyl sites for hydroxylation is 2. The van der Waals surface area contributed by atoms with Gasteiger partial charge in [-0.3, -0.25) is 4.79 Å². The van der Waals surface area contributed by atoms with E-state index in [1.807, 2.05) is 20.8 Å². The third-order valence-electron chi connectivity index (χ3n) is 7.57. The second-order valence-corrected chi connectivity index (χ2v) is 12.2. The van der Waals surface area contributed by atoms with Crippen LogP contribution in [0.4, 0.5) is 5.82 Å². The molecule has 0 radical (unpaired) electrons. The first kappa shape index (κ1) is 29.4. The van der Waals surface area contributed by atoms with Gasteiger partial charge in [0.05, 0.1) is 12.2 Å². The highest BCUT2D eigenvalue weighted by atomic mass is 16.5. The minimum atomic E-state index is -0.968. The Morgan fingerprint density at radius 3 is 2.65 bits per heavy atom. The lowest BCUT2D eigenvalue weighted by Crippen LogP contribution is -2.45. The third kappa shape index (κ3) is 10.2. The van der Waals surface area contributed by atoms with Crippen LogP contribution >= 0.6 is 0 Å². The van der Waals surface area contributed by atoms with Crippen molar-refractivity contribution in [2.45, 2.75) is 104 Å². The van der Waals surface area contributed by atoms with E-state index >= 15 is 0 Å². The molecule has 0 spiro atoms. The number of ether oxygens (including phenoxy) is 1. The number of unbranched alkanes of at least 4 members (excludes halogenated alkanes) is 1. The van der Waals surface area contributed by atoms with Gasteiger partial charge < -0.3 is 25.4 Å². The van der Waals surface area contributed by atoms with E-state index in [0.717, 1.165) is 82.5 Å². The molecule has 8 nitrogen and oxygen atoms in total. The summed E-state index contributed by atoms with van der Waals surface area (Å²) in [5.41, 5.74) is 2.24. The van der Waals surface area contributed by atoms with E-state index in [1.54, 1.807) is 0 Å². The second-order valence-electron chi connectivity index (χ2n) is 12.2. The van der Waals surface area contributed by atoms with E-state index in [4.69, 9.17) is 9.72 Å². The smallest absolute Gasteiger partial charge is 0.326 e. The Balaban J connectivity index is 1.47. The largest absolute Gasteiger partial charge is 0.480 e. The molecule has 2 heterocycles. The molecule has 2 aliphatic rings. The van der Waals surface area contributed by atoms with Gasteiger partial charge in [0.1, 0.15) is 11.9 Å². The molecule has 8 heteroatoms. The number of fused-ring (bicyclic) bond motifs is 1. The monoisotopic (exact) mass is 516 g/mol. The number of aromatic nitrogens is 1. The number of carbonyl (C=O) groups is 2. The van der Waals surface area contributed by atoms with Crippen LogP contribution in [0.25, 0.3) is 0 Å². The first-order valence-electron chi connectivity index (χ1n) is 14.1. The number of carbonyl (C=O) groups excluding carboxylic acids is 1. The van der Waals surface area contributed by atoms with Crippen LogP contribution in [0.3, 0.4) is 0 Å². The number of anilines is 1. The first-order valence-corrected chi connectivity index (χ1v) is 14.1. The van der Waals surface area contributed by atoms with Gasteiger partial charge in [-0.1, -0.05) is 19.4 Å². The number of carboxylic acid groups (broad SMARTS) is 1. The van der Waals surface area contributed by atoms with Gasteiger partial charge in [-0.2, -0.15) is 0 Å². The number of hydrogen-bond acceptors (Lipinski definition) is 6. The van der Waals surface area contributed by atoms with Crippen molar-refractivity contribution in [3.05, 3.63) is 23.4 Å². The van der Waals surface area contributed by atoms with E-state index in [0.29, 0.717) is 26.0 Å². The molecule has 0 saturated heterocycles. The normalized spacial score (nSPS) is 17.4. The fraction of sp³-hybridized carbons (Fsp3) is 0.759. The molecular weight excluding hydrogens is 468 g/mol. The molecule has 1 aliphatic heterocycles. The van der Waals surface area contributed by atoms with Crippen molar-refractivity contribution in [2.24, 2.45) is 5.41 Å². The molecule has 3 N–H and O–H groups in total. The van der Waals surface area contributed by atoms with Crippen molar-refractivity contribution in [3.8, 4) is 0 Å². The average molecular weight is 517 g/mol. The lowest BCUT2D eigenvalue weighted by Gasteiger charge is -2.38. The van der Waals surface area contributed by atoms with Crippen LogP contribution in [-0.2, 0) is 27.2 Å². The fourth-order valence-electron chi connectivity index (χ4n) is 5.13. The van der Waals surface area contributed by atoms with E-state index in [2.05, 4.69) is 34.6 Å². The van der Waals surface area contributed by atoms with Gasteiger partial charge in [-0.25, -0.2) is 9.78 Å². The van der Waals surface area contributed by atoms with Crippen molar-refractivity contribution in [1.29, 1.82) is 0 Å². The van der Waals surface area contributed by atoms with Crippen molar-refractivity contribution >= 4 is 17.7 Å². The summed E-state index contributed by atoms with van der Waals surface area (Å²) in [6.07, 6.45) is 9.20. The van der Waals surface area contributed by atoms with Crippen molar-refractivity contribution < 1.29 is 19.4 Å². The van der Waals surface area contributed by atoms with Gasteiger partial charge in [-0.15, -0.1) is 0 Å². The highest BCUT2D eigenvalue weighted by molar-refractivity contribution is 5.83. The Bertz CT molecular complexity index is 894. The van der Waals surface area contributed by atoms with Gasteiger partial charge in [0.15, 0.2) is 0 Å². The lowest BCUT2D eigenvalue weighted by atomic mass is 9.68. The molecule has 1 amide bonds. The maximum atomic E-state index is 12.5. The zero-order valence-electron chi connectivity index (χ0n) is 23.4. The van der Waals surface area contributed by atoms with Crippen LogP contribution < -0.4 is 10.6 Å². The number of hydrogen-bond donors (Lipinski definition) is 3. The van der Waals surface area contributed by atoms with Crippen LogP contribution in [-0.4, -0.2) is 71.3 Å². The summed E-state index contributed by atoms with van der Waals surface area (Å²) in [6, 6.07) is 3.48. The zero-order chi connectivity index (χ0) is 26.9. The van der Waals surface area contributed by atoms with Gasteiger partial charge in [0.2, 0.25) is 5.91 Å². The van der Waals surface area contributed by atoms with Gasteiger partial charge >= 0.3 is 5.97 Å². The van der Waals surface area contributed by atoms with Gasteiger partial charge in [0, 0.05) is 31.7 Å². The standard InChI is InChI=1S/C29H48N4O4/c1-28(2,3)37-20-19-33(17-6-5-10-23-12-11-22-9-7-16-30-26(22)31-23)18-13-24(27(35)36)32-25(34)21-29(4)14-8-15-29/h11-12,24H,5-10,13-21H2,1-4H3,(H,30,31)(H,32,34)(H,35,36). The number of nitrogens with one attached hydrogen (secondary N) is 2. The van der Waals surface area contributed by atoms with Crippen LogP contribution in [0, 0.1) is 5.41 Å². The molecule has 37 heavy (non-hydrogen) atoms. The number of aliphatic carboxylic acids is 1. The van der Waals surface area contributed by atoms with Crippen molar-refractivity contribution in [3.63, 3.8) is 0 Å². The summed E-state index contributed by atoms with van der Waals surface area (Å²) in [5, 5.41) is 15.9. The Labute approximate surface area is 222 Å². The predicted octanol–water partition coefficient (Wildman–Crippen LogP) is 4.42. The molecule has 1 aliphatic carbocycles. The molecule has 1 atom stereocenters. The SMILES string of the molecule is CC1(CC(=O)NC(CCN(CCCCc2ccc3c(n2)NCCC3)CCOC(C)(C)C)C(=O)O)CCC1. The average Bonchev–Trinajstić information content (AvgIpc) is 2.81. The summed E-state index contributed by atoms with van der Waals surface area (Å²) >= 11 is 0. The summed E-state index contributed by atoms with van der Waals surface area (Å²) in [7, 11) is 0. The van der Waals surface area contributed by atoms with E-state index in [1.165, 1.54) is 5.56 Å². The summed E-state index contributed by atoms with van der Waals surface area (Å²) in [4.78, 5) is 31.5. The Morgan fingerprint density at radius 1 is 1.19 bits per heavy atom. The molecule has 3 rings (SSSR count). The minimum absolute atomic E-state index is 0.0342. The molecule has 1 aromatic rings. The van der Waals surface area contributed by atoms with Gasteiger partial charge in [0.25, 0.3) is 0 Å². The van der Waals surface area contributed by atoms with Crippen LogP contribution in [0.15, 0.2) is 12.1 Å². The fourth-order valence-corrected chi connectivity index (χ4v) is 5.13. The first-order chi connectivity index (χ1) is 17.5. The number of pyridine rings is 1. The number of rotatable bonds is 15. The predicted molar refractivity (Wildman–Crippen MR) is 147 cm³/mol. The molecule has 0 bridgehead atoms. The summed E-state index contributed by atoms with van der Waals surface area (Å²) in [5.74, 6) is -0.0767. The molecule has 0 aromatic carbocycles. The van der Waals surface area contributed by atoms with Gasteiger partial charge in [-0.05, 0) is 95.7 Å². The summed E-state index contributed by atoms with van der Waals surface area (Å²) < 4.78 is 5.94.